The highest BCUT2D eigenvalue weighted by Crippen LogP contribution is 2.15. The van der Waals surface area contributed by atoms with E-state index < -0.39 is 0 Å². The van der Waals surface area contributed by atoms with Gasteiger partial charge in [-0.25, -0.2) is 0 Å². The first kappa shape index (κ1) is 13.0. The Morgan fingerprint density at radius 1 is 1.25 bits per heavy atom. The number of aryl methyl sites for hydroxylation is 1. The normalized spacial score (nSPS) is 12.5. The van der Waals surface area contributed by atoms with E-state index in [9.17, 15) is 0 Å². The van der Waals surface area contributed by atoms with E-state index in [-0.39, 0.29) is 0 Å². The third kappa shape index (κ3) is 3.86. The SMILES string of the molecule is CCc1ccc(N(C)CC(C)CNC)cc1. The van der Waals surface area contributed by atoms with Gasteiger partial charge in [0.1, 0.15) is 0 Å². The summed E-state index contributed by atoms with van der Waals surface area (Å²) in [6, 6.07) is 8.86. The fourth-order valence-electron chi connectivity index (χ4n) is 1.97. The number of rotatable bonds is 6. The lowest BCUT2D eigenvalue weighted by atomic mass is 10.1. The van der Waals surface area contributed by atoms with Gasteiger partial charge >= 0.3 is 0 Å². The molecule has 0 spiro atoms. The van der Waals surface area contributed by atoms with Crippen LogP contribution in [-0.4, -0.2) is 27.2 Å². The fraction of sp³-hybridized carbons (Fsp3) is 0.571. The van der Waals surface area contributed by atoms with Crippen molar-refractivity contribution in [1.82, 2.24) is 5.32 Å². The Kier molecular flexibility index (Phi) is 5.33. The van der Waals surface area contributed by atoms with Gasteiger partial charge < -0.3 is 10.2 Å². The zero-order valence-electron chi connectivity index (χ0n) is 11.0. The van der Waals surface area contributed by atoms with E-state index >= 15 is 0 Å². The molecule has 1 aromatic rings. The molecular weight excluding hydrogens is 196 g/mol. The van der Waals surface area contributed by atoms with Gasteiger partial charge in [-0.05, 0) is 43.6 Å². The van der Waals surface area contributed by atoms with E-state index in [0.717, 1.165) is 19.5 Å². The Morgan fingerprint density at radius 2 is 1.88 bits per heavy atom. The molecule has 1 aromatic carbocycles. The van der Waals surface area contributed by atoms with E-state index in [1.807, 2.05) is 7.05 Å². The molecule has 0 aliphatic rings. The van der Waals surface area contributed by atoms with Crippen LogP contribution in [0.1, 0.15) is 19.4 Å². The quantitative estimate of drug-likeness (QED) is 0.792. The molecule has 0 saturated heterocycles. The maximum atomic E-state index is 3.22. The van der Waals surface area contributed by atoms with Gasteiger partial charge in [0, 0.05) is 19.3 Å². The number of nitrogens with one attached hydrogen (secondary N) is 1. The molecule has 0 fully saturated rings. The summed E-state index contributed by atoms with van der Waals surface area (Å²) in [6.45, 7) is 6.62. The largest absolute Gasteiger partial charge is 0.374 e. The molecule has 16 heavy (non-hydrogen) atoms. The molecule has 0 amide bonds. The van der Waals surface area contributed by atoms with Crippen LogP contribution < -0.4 is 10.2 Å². The van der Waals surface area contributed by atoms with Crippen molar-refractivity contribution < 1.29 is 0 Å². The van der Waals surface area contributed by atoms with Crippen molar-refractivity contribution in [1.29, 1.82) is 0 Å². The molecule has 90 valence electrons. The summed E-state index contributed by atoms with van der Waals surface area (Å²) in [5.41, 5.74) is 2.71. The average Bonchev–Trinajstić information content (AvgIpc) is 2.29. The second kappa shape index (κ2) is 6.54. The highest BCUT2D eigenvalue weighted by Gasteiger charge is 2.06. The third-order valence-electron chi connectivity index (χ3n) is 2.92. The van der Waals surface area contributed by atoms with Gasteiger partial charge in [0.05, 0.1) is 0 Å². The van der Waals surface area contributed by atoms with Crippen LogP contribution in [-0.2, 0) is 6.42 Å². The van der Waals surface area contributed by atoms with Gasteiger partial charge in [0.15, 0.2) is 0 Å². The molecule has 2 heteroatoms. The van der Waals surface area contributed by atoms with Crippen LogP contribution in [0.3, 0.4) is 0 Å². The number of anilines is 1. The second-order valence-corrected chi connectivity index (χ2v) is 4.56. The number of hydrogen-bond acceptors (Lipinski definition) is 2. The van der Waals surface area contributed by atoms with E-state index in [4.69, 9.17) is 0 Å². The van der Waals surface area contributed by atoms with Gasteiger partial charge in [-0.2, -0.15) is 0 Å². The molecular formula is C14H24N2. The predicted octanol–water partition coefficient (Wildman–Crippen LogP) is 2.54. The number of hydrogen-bond donors (Lipinski definition) is 1. The topological polar surface area (TPSA) is 15.3 Å². The minimum atomic E-state index is 0.667. The molecule has 1 rings (SSSR count). The van der Waals surface area contributed by atoms with E-state index in [2.05, 4.69) is 55.4 Å². The van der Waals surface area contributed by atoms with Crippen molar-refractivity contribution in [3.8, 4) is 0 Å². The highest BCUT2D eigenvalue weighted by atomic mass is 15.1. The van der Waals surface area contributed by atoms with Gasteiger partial charge in [-0.15, -0.1) is 0 Å². The zero-order valence-corrected chi connectivity index (χ0v) is 11.0. The first-order valence-corrected chi connectivity index (χ1v) is 6.12. The Bertz CT molecular complexity index is 292. The lowest BCUT2D eigenvalue weighted by Gasteiger charge is -2.23. The molecule has 0 bridgehead atoms. The molecule has 1 atom stereocenters. The van der Waals surface area contributed by atoms with Crippen molar-refractivity contribution in [3.63, 3.8) is 0 Å². The first-order chi connectivity index (χ1) is 7.67. The molecule has 0 saturated carbocycles. The summed E-state index contributed by atoms with van der Waals surface area (Å²) in [7, 11) is 4.17. The van der Waals surface area contributed by atoms with Crippen LogP contribution in [0.5, 0.6) is 0 Å². The Balaban J connectivity index is 2.55. The van der Waals surface area contributed by atoms with Gasteiger partial charge in [0.25, 0.3) is 0 Å². The van der Waals surface area contributed by atoms with Gasteiger partial charge in [0.2, 0.25) is 0 Å². The number of nitrogens with zero attached hydrogens (tertiary/aromatic N) is 1. The molecule has 1 unspecified atom stereocenters. The summed E-state index contributed by atoms with van der Waals surface area (Å²) in [5.74, 6) is 0.667. The minimum Gasteiger partial charge on any atom is -0.374 e. The maximum Gasteiger partial charge on any atom is 0.0363 e. The Labute approximate surface area is 99.7 Å². The van der Waals surface area contributed by atoms with Crippen LogP contribution in [0, 0.1) is 5.92 Å². The monoisotopic (exact) mass is 220 g/mol. The van der Waals surface area contributed by atoms with Crippen molar-refractivity contribution >= 4 is 5.69 Å². The molecule has 0 aromatic heterocycles. The Hall–Kier alpha value is -1.02. The van der Waals surface area contributed by atoms with Crippen LogP contribution in [0.25, 0.3) is 0 Å². The van der Waals surface area contributed by atoms with Crippen LogP contribution >= 0.6 is 0 Å². The summed E-state index contributed by atoms with van der Waals surface area (Å²) in [5, 5.41) is 3.22. The fourth-order valence-corrected chi connectivity index (χ4v) is 1.97. The first-order valence-electron chi connectivity index (χ1n) is 6.12. The average molecular weight is 220 g/mol. The summed E-state index contributed by atoms with van der Waals surface area (Å²) in [6.07, 6.45) is 1.11. The summed E-state index contributed by atoms with van der Waals surface area (Å²) < 4.78 is 0. The van der Waals surface area contributed by atoms with E-state index in [0.29, 0.717) is 5.92 Å². The zero-order chi connectivity index (χ0) is 12.0. The van der Waals surface area contributed by atoms with Crippen LogP contribution in [0.2, 0.25) is 0 Å². The van der Waals surface area contributed by atoms with Crippen molar-refractivity contribution in [2.75, 3.05) is 32.1 Å². The van der Waals surface area contributed by atoms with Crippen molar-refractivity contribution in [2.45, 2.75) is 20.3 Å². The number of benzene rings is 1. The van der Waals surface area contributed by atoms with Gasteiger partial charge in [-0.3, -0.25) is 0 Å². The van der Waals surface area contributed by atoms with Crippen molar-refractivity contribution in [3.05, 3.63) is 29.8 Å². The predicted molar refractivity (Wildman–Crippen MR) is 72.2 cm³/mol. The smallest absolute Gasteiger partial charge is 0.0363 e. The molecule has 0 aliphatic carbocycles. The molecule has 0 aliphatic heterocycles. The third-order valence-corrected chi connectivity index (χ3v) is 2.92. The van der Waals surface area contributed by atoms with Crippen molar-refractivity contribution in [2.24, 2.45) is 5.92 Å². The summed E-state index contributed by atoms with van der Waals surface area (Å²) in [4.78, 5) is 2.32. The molecule has 0 heterocycles. The lowest BCUT2D eigenvalue weighted by Crippen LogP contribution is -2.29. The minimum absolute atomic E-state index is 0.667. The maximum absolute atomic E-state index is 3.22. The van der Waals surface area contributed by atoms with E-state index in [1.165, 1.54) is 11.3 Å². The molecule has 0 radical (unpaired) electrons. The molecule has 2 nitrogen and oxygen atoms in total. The van der Waals surface area contributed by atoms with Crippen LogP contribution in [0.4, 0.5) is 5.69 Å². The summed E-state index contributed by atoms with van der Waals surface area (Å²) >= 11 is 0. The Morgan fingerprint density at radius 3 is 2.38 bits per heavy atom. The van der Waals surface area contributed by atoms with E-state index in [1.54, 1.807) is 0 Å². The highest BCUT2D eigenvalue weighted by molar-refractivity contribution is 5.46. The second-order valence-electron chi connectivity index (χ2n) is 4.56. The molecule has 1 N–H and O–H groups in total. The standard InChI is InChI=1S/C14H24N2/c1-5-13-6-8-14(9-7-13)16(4)11-12(2)10-15-3/h6-9,12,15H,5,10-11H2,1-4H3. The lowest BCUT2D eigenvalue weighted by molar-refractivity contribution is 0.542. The van der Waals surface area contributed by atoms with Gasteiger partial charge in [-0.1, -0.05) is 26.0 Å². The van der Waals surface area contributed by atoms with Crippen LogP contribution in [0.15, 0.2) is 24.3 Å².